The van der Waals surface area contributed by atoms with Crippen LogP contribution < -0.4 is 11.5 Å². The first-order valence-electron chi connectivity index (χ1n) is 9.54. The molecule has 0 aliphatic rings. The molecule has 0 fully saturated rings. The summed E-state index contributed by atoms with van der Waals surface area (Å²) in [4.78, 5) is 26.9. The highest BCUT2D eigenvalue weighted by Gasteiger charge is 2.18. The Labute approximate surface area is 176 Å². The Hall–Kier alpha value is -3.69. The van der Waals surface area contributed by atoms with Crippen LogP contribution in [0.2, 0.25) is 0 Å². The van der Waals surface area contributed by atoms with Crippen LogP contribution in [0.4, 0.5) is 4.39 Å². The van der Waals surface area contributed by atoms with Crippen molar-refractivity contribution in [2.45, 2.75) is 24.9 Å². The molecule has 0 radical (unpaired) electrons. The highest BCUT2D eigenvalue weighted by Crippen LogP contribution is 2.22. The van der Waals surface area contributed by atoms with Crippen LogP contribution in [0.3, 0.4) is 0 Å². The highest BCUT2D eigenvalue weighted by atomic mass is 19.1. The average molecular weight is 426 g/mol. The molecular weight excluding hydrogens is 403 g/mol. The number of carbonyl (C=O) groups is 2. The van der Waals surface area contributed by atoms with E-state index in [2.05, 4.69) is 9.97 Å². The number of aromatic nitrogens is 2. The number of para-hydroxylation sites is 2. The number of carboxylic acid groups (broad SMARTS) is 2. The van der Waals surface area contributed by atoms with E-state index in [-0.39, 0.29) is 6.42 Å². The number of nitrogens with one attached hydrogen (secondary N) is 2. The third-order valence-electron chi connectivity index (χ3n) is 4.93. The SMILES string of the molecule is NC(Cc1c[nH]c2ccccc12)C(=O)O.N[C@@H](Cc1c(F)[nH]c2ccccc12)C(=O)O. The number of hydrogen-bond donors (Lipinski definition) is 6. The molecule has 0 aliphatic carbocycles. The Kier molecular flexibility index (Phi) is 6.68. The fourth-order valence-corrected chi connectivity index (χ4v) is 3.30. The van der Waals surface area contributed by atoms with Gasteiger partial charge in [0.05, 0.1) is 0 Å². The third-order valence-corrected chi connectivity index (χ3v) is 4.93. The van der Waals surface area contributed by atoms with E-state index in [0.29, 0.717) is 22.9 Å². The fraction of sp³-hybridized carbons (Fsp3) is 0.182. The summed E-state index contributed by atoms with van der Waals surface area (Å²) in [5.41, 5.74) is 13.8. The maximum Gasteiger partial charge on any atom is 0.320 e. The molecule has 2 aromatic heterocycles. The van der Waals surface area contributed by atoms with Gasteiger partial charge in [0.15, 0.2) is 5.95 Å². The molecule has 4 rings (SSSR count). The van der Waals surface area contributed by atoms with Gasteiger partial charge in [0.1, 0.15) is 12.1 Å². The molecule has 8 N–H and O–H groups in total. The van der Waals surface area contributed by atoms with Crippen LogP contribution in [0.15, 0.2) is 54.7 Å². The van der Waals surface area contributed by atoms with E-state index < -0.39 is 30.0 Å². The number of carboxylic acids is 2. The van der Waals surface area contributed by atoms with Crippen molar-refractivity contribution in [3.8, 4) is 0 Å². The van der Waals surface area contributed by atoms with Crippen molar-refractivity contribution in [1.82, 2.24) is 9.97 Å². The van der Waals surface area contributed by atoms with Gasteiger partial charge in [-0.1, -0.05) is 36.4 Å². The van der Waals surface area contributed by atoms with Crippen LogP contribution in [0.25, 0.3) is 21.8 Å². The maximum absolute atomic E-state index is 13.5. The normalized spacial score (nSPS) is 12.9. The first-order chi connectivity index (χ1) is 14.8. The molecule has 31 heavy (non-hydrogen) atoms. The Balaban J connectivity index is 0.000000176. The average Bonchev–Trinajstić information content (AvgIpc) is 3.29. The quantitative estimate of drug-likeness (QED) is 0.278. The molecule has 162 valence electrons. The second kappa shape index (κ2) is 9.41. The van der Waals surface area contributed by atoms with Gasteiger partial charge < -0.3 is 31.6 Å². The highest BCUT2D eigenvalue weighted by molar-refractivity contribution is 5.85. The predicted octanol–water partition coefficient (Wildman–Crippen LogP) is 2.38. The largest absolute Gasteiger partial charge is 0.480 e. The number of aromatic amines is 2. The Bertz CT molecular complexity index is 1220. The standard InChI is InChI=1S/C11H11FN2O2.C11H12N2O2/c12-10-7(5-8(13)11(15)16)6-3-1-2-4-9(6)14-10;12-9(11(14)15)5-7-6-13-10-4-2-1-3-8(7)10/h1-4,8,14H,5,13H2,(H,15,16);1-4,6,9,13H,5,12H2,(H,14,15)/t8-;/m0./s1. The molecular formula is C22H23FN4O4. The number of halogens is 1. The van der Waals surface area contributed by atoms with E-state index in [4.69, 9.17) is 21.7 Å². The Morgan fingerprint density at radius 3 is 2.06 bits per heavy atom. The van der Waals surface area contributed by atoms with E-state index in [9.17, 15) is 14.0 Å². The minimum atomic E-state index is -1.13. The molecule has 1 unspecified atom stereocenters. The lowest BCUT2D eigenvalue weighted by atomic mass is 10.1. The topological polar surface area (TPSA) is 158 Å². The lowest BCUT2D eigenvalue weighted by Gasteiger charge is -2.04. The zero-order valence-corrected chi connectivity index (χ0v) is 16.5. The minimum Gasteiger partial charge on any atom is -0.480 e. The molecule has 9 heteroatoms. The summed E-state index contributed by atoms with van der Waals surface area (Å²) in [5, 5.41) is 19.1. The maximum atomic E-state index is 13.5. The predicted molar refractivity (Wildman–Crippen MR) is 115 cm³/mol. The van der Waals surface area contributed by atoms with Crippen molar-refractivity contribution in [3.05, 3.63) is 71.8 Å². The summed E-state index contributed by atoms with van der Waals surface area (Å²) in [6.07, 6.45) is 2.14. The number of rotatable bonds is 6. The number of hydrogen-bond acceptors (Lipinski definition) is 4. The van der Waals surface area contributed by atoms with Crippen LogP contribution >= 0.6 is 0 Å². The second-order valence-electron chi connectivity index (χ2n) is 7.12. The van der Waals surface area contributed by atoms with Gasteiger partial charge in [-0.25, -0.2) is 0 Å². The Morgan fingerprint density at radius 2 is 1.42 bits per heavy atom. The Morgan fingerprint density at radius 1 is 0.871 bits per heavy atom. The minimum absolute atomic E-state index is 0.0226. The van der Waals surface area contributed by atoms with Crippen molar-refractivity contribution in [1.29, 1.82) is 0 Å². The monoisotopic (exact) mass is 426 g/mol. The third kappa shape index (κ3) is 5.08. The van der Waals surface area contributed by atoms with E-state index >= 15 is 0 Å². The van der Waals surface area contributed by atoms with Crippen LogP contribution in [0.5, 0.6) is 0 Å². The van der Waals surface area contributed by atoms with Crippen LogP contribution in [0.1, 0.15) is 11.1 Å². The molecule has 4 aromatic rings. The van der Waals surface area contributed by atoms with Crippen molar-refractivity contribution in [3.63, 3.8) is 0 Å². The van der Waals surface area contributed by atoms with Crippen LogP contribution in [0, 0.1) is 5.95 Å². The smallest absolute Gasteiger partial charge is 0.320 e. The number of fused-ring (bicyclic) bond motifs is 2. The van der Waals surface area contributed by atoms with Gasteiger partial charge in [0.2, 0.25) is 0 Å². The molecule has 0 bridgehead atoms. The second-order valence-corrected chi connectivity index (χ2v) is 7.12. The first-order valence-corrected chi connectivity index (χ1v) is 9.54. The molecule has 0 saturated carbocycles. The van der Waals surface area contributed by atoms with E-state index in [1.807, 2.05) is 30.5 Å². The van der Waals surface area contributed by atoms with Gasteiger partial charge in [-0.2, -0.15) is 4.39 Å². The van der Waals surface area contributed by atoms with E-state index in [1.165, 1.54) is 0 Å². The molecule has 0 saturated heterocycles. The molecule has 8 nitrogen and oxygen atoms in total. The van der Waals surface area contributed by atoms with E-state index in [1.54, 1.807) is 24.3 Å². The van der Waals surface area contributed by atoms with Gasteiger partial charge >= 0.3 is 11.9 Å². The first kappa shape index (κ1) is 22.0. The molecule has 2 atom stereocenters. The summed E-state index contributed by atoms with van der Waals surface area (Å²) in [6.45, 7) is 0. The van der Waals surface area contributed by atoms with Crippen molar-refractivity contribution < 1.29 is 24.2 Å². The summed E-state index contributed by atoms with van der Waals surface area (Å²) in [6, 6.07) is 12.8. The zero-order chi connectivity index (χ0) is 22.5. The fourth-order valence-electron chi connectivity index (χ4n) is 3.30. The molecule has 2 heterocycles. The lowest BCUT2D eigenvalue weighted by molar-refractivity contribution is -0.139. The number of aliphatic carboxylic acids is 2. The number of H-pyrrole nitrogens is 2. The number of nitrogens with two attached hydrogens (primary N) is 2. The zero-order valence-electron chi connectivity index (χ0n) is 16.5. The van der Waals surface area contributed by atoms with Crippen molar-refractivity contribution >= 4 is 33.7 Å². The van der Waals surface area contributed by atoms with Gasteiger partial charge in [-0.05, 0) is 17.7 Å². The van der Waals surface area contributed by atoms with Gasteiger partial charge in [-0.3, -0.25) is 9.59 Å². The summed E-state index contributed by atoms with van der Waals surface area (Å²) in [7, 11) is 0. The van der Waals surface area contributed by atoms with Crippen LogP contribution in [-0.4, -0.2) is 44.2 Å². The van der Waals surface area contributed by atoms with Crippen LogP contribution in [-0.2, 0) is 22.4 Å². The summed E-state index contributed by atoms with van der Waals surface area (Å²) >= 11 is 0. The molecule has 2 aromatic carbocycles. The molecule has 0 amide bonds. The summed E-state index contributed by atoms with van der Waals surface area (Å²) < 4.78 is 13.5. The molecule has 0 aliphatic heterocycles. The van der Waals surface area contributed by atoms with E-state index in [0.717, 1.165) is 16.5 Å². The summed E-state index contributed by atoms with van der Waals surface area (Å²) in [5.74, 6) is -2.62. The van der Waals surface area contributed by atoms with Gasteiger partial charge in [-0.15, -0.1) is 0 Å². The molecule has 0 spiro atoms. The van der Waals surface area contributed by atoms with Crippen molar-refractivity contribution in [2.24, 2.45) is 11.5 Å². The number of benzene rings is 2. The lowest BCUT2D eigenvalue weighted by Crippen LogP contribution is -2.32. The van der Waals surface area contributed by atoms with Gasteiger partial charge in [0, 0.05) is 46.4 Å². The van der Waals surface area contributed by atoms with Gasteiger partial charge in [0.25, 0.3) is 0 Å². The van der Waals surface area contributed by atoms with Crippen molar-refractivity contribution in [2.75, 3.05) is 0 Å².